The van der Waals surface area contributed by atoms with E-state index in [1.807, 2.05) is 33.8 Å². The average Bonchev–Trinajstić information content (AvgIpc) is 2.58. The maximum Gasteiger partial charge on any atom is 0.312 e. The van der Waals surface area contributed by atoms with Gasteiger partial charge in [-0.1, -0.05) is 6.07 Å². The minimum Gasteiger partial charge on any atom is -0.352 e. The Kier molecular flexibility index (Phi) is 5.92. The van der Waals surface area contributed by atoms with Crippen molar-refractivity contribution in [3.05, 3.63) is 28.3 Å². The Bertz CT molecular complexity index is 801. The first kappa shape index (κ1) is 20.2. The van der Waals surface area contributed by atoms with Gasteiger partial charge in [-0.25, -0.2) is 13.2 Å². The number of benzene rings is 1. The molecule has 8 nitrogen and oxygen atoms in total. The summed E-state index contributed by atoms with van der Waals surface area (Å²) in [6.07, 6.45) is 0. The fourth-order valence-corrected chi connectivity index (χ4v) is 5.15. The predicted molar refractivity (Wildman–Crippen MR) is 98.3 cm³/mol. The Balaban J connectivity index is 2.17. The molecule has 0 unspecified atom stereocenters. The molecule has 1 aromatic carbocycles. The topological polar surface area (TPSA) is 113 Å². The van der Waals surface area contributed by atoms with Crippen LogP contribution in [0.4, 0.5) is 4.79 Å². The highest BCUT2D eigenvalue weighted by Gasteiger charge is 2.32. The number of nitrogens with one attached hydrogen (secondary N) is 1. The summed E-state index contributed by atoms with van der Waals surface area (Å²) in [5.41, 5.74) is 8.37. The number of hydrogen-bond donors (Lipinski definition) is 2. The van der Waals surface area contributed by atoms with Crippen LogP contribution in [0.25, 0.3) is 0 Å². The number of carbonyl (C=O) groups excluding carboxylic acids is 2. The van der Waals surface area contributed by atoms with Crippen LogP contribution in [0, 0.1) is 27.7 Å². The molecule has 0 aromatic heterocycles. The summed E-state index contributed by atoms with van der Waals surface area (Å²) >= 11 is 0. The fraction of sp³-hybridized carbons (Fsp3) is 0.529. The van der Waals surface area contributed by atoms with Crippen LogP contribution < -0.4 is 11.1 Å². The van der Waals surface area contributed by atoms with Crippen LogP contribution in [0.1, 0.15) is 22.3 Å². The van der Waals surface area contributed by atoms with Crippen molar-refractivity contribution < 1.29 is 18.0 Å². The highest BCUT2D eigenvalue weighted by molar-refractivity contribution is 7.89. The second-order valence-electron chi connectivity index (χ2n) is 6.59. The van der Waals surface area contributed by atoms with E-state index in [1.54, 1.807) is 0 Å². The molecule has 144 valence electrons. The van der Waals surface area contributed by atoms with Crippen molar-refractivity contribution in [2.75, 3.05) is 32.7 Å². The van der Waals surface area contributed by atoms with Gasteiger partial charge in [0.1, 0.15) is 0 Å². The first-order valence-electron chi connectivity index (χ1n) is 8.44. The molecule has 1 fully saturated rings. The number of nitrogens with zero attached hydrogens (tertiary/aromatic N) is 2. The molecule has 2 rings (SSSR count). The minimum atomic E-state index is -3.64. The molecular weight excluding hydrogens is 356 g/mol. The summed E-state index contributed by atoms with van der Waals surface area (Å²) < 4.78 is 27.8. The van der Waals surface area contributed by atoms with E-state index in [-0.39, 0.29) is 38.6 Å². The Hall–Kier alpha value is -2.13. The van der Waals surface area contributed by atoms with Crippen molar-refractivity contribution in [3.8, 4) is 0 Å². The third-order valence-corrected chi connectivity index (χ3v) is 7.07. The zero-order valence-corrected chi connectivity index (χ0v) is 16.4. The quantitative estimate of drug-likeness (QED) is 0.786. The Morgan fingerprint density at radius 3 is 2.00 bits per heavy atom. The van der Waals surface area contributed by atoms with Gasteiger partial charge in [-0.2, -0.15) is 4.31 Å². The SMILES string of the molecule is Cc1cc(C)c(C)c(S(=O)(=O)N2CCN(C(=O)CNC(N)=O)CC2)c1C. The molecule has 1 heterocycles. The lowest BCUT2D eigenvalue weighted by molar-refractivity contribution is -0.131. The molecule has 0 aliphatic carbocycles. The minimum absolute atomic E-state index is 0.183. The Morgan fingerprint density at radius 2 is 1.54 bits per heavy atom. The lowest BCUT2D eigenvalue weighted by Crippen LogP contribution is -2.53. The van der Waals surface area contributed by atoms with Crippen LogP contribution >= 0.6 is 0 Å². The molecular formula is C17H26N4O4S. The molecule has 0 spiro atoms. The van der Waals surface area contributed by atoms with E-state index in [2.05, 4.69) is 5.32 Å². The summed E-state index contributed by atoms with van der Waals surface area (Å²) in [4.78, 5) is 24.6. The smallest absolute Gasteiger partial charge is 0.312 e. The molecule has 0 atom stereocenters. The third-order valence-electron chi connectivity index (χ3n) is 4.90. The van der Waals surface area contributed by atoms with E-state index in [1.165, 1.54) is 9.21 Å². The lowest BCUT2D eigenvalue weighted by Gasteiger charge is -2.34. The molecule has 3 N–H and O–H groups in total. The second kappa shape index (κ2) is 7.63. The standard InChI is InChI=1S/C17H26N4O4S/c1-11-9-12(2)14(4)16(13(11)3)26(24,25)21-7-5-20(6-8-21)15(22)10-19-17(18)23/h9H,5-8,10H2,1-4H3,(H3,18,19,23). The van der Waals surface area contributed by atoms with Gasteiger partial charge in [-0.15, -0.1) is 0 Å². The van der Waals surface area contributed by atoms with Gasteiger partial charge in [-0.3, -0.25) is 4.79 Å². The van der Waals surface area contributed by atoms with Crippen LogP contribution in [0.3, 0.4) is 0 Å². The van der Waals surface area contributed by atoms with Gasteiger partial charge in [0.2, 0.25) is 15.9 Å². The van der Waals surface area contributed by atoms with Crippen LogP contribution in [0.2, 0.25) is 0 Å². The van der Waals surface area contributed by atoms with Crippen molar-refractivity contribution >= 4 is 22.0 Å². The molecule has 1 saturated heterocycles. The van der Waals surface area contributed by atoms with Gasteiger partial charge < -0.3 is 16.0 Å². The first-order valence-corrected chi connectivity index (χ1v) is 9.88. The van der Waals surface area contributed by atoms with Crippen LogP contribution in [0.15, 0.2) is 11.0 Å². The number of aryl methyl sites for hydroxylation is 2. The number of rotatable bonds is 4. The molecule has 0 saturated carbocycles. The summed E-state index contributed by atoms with van der Waals surface area (Å²) in [7, 11) is -3.64. The summed E-state index contributed by atoms with van der Waals surface area (Å²) in [5.74, 6) is -0.278. The fourth-order valence-electron chi connectivity index (χ4n) is 3.15. The third kappa shape index (κ3) is 3.99. The number of urea groups is 1. The molecule has 9 heteroatoms. The van der Waals surface area contributed by atoms with Crippen LogP contribution in [-0.2, 0) is 14.8 Å². The van der Waals surface area contributed by atoms with E-state index in [0.717, 1.165) is 22.3 Å². The van der Waals surface area contributed by atoms with E-state index >= 15 is 0 Å². The molecule has 1 aliphatic heterocycles. The number of nitrogens with two attached hydrogens (primary N) is 1. The maximum absolute atomic E-state index is 13.2. The van der Waals surface area contributed by atoms with Gasteiger partial charge in [-0.05, 0) is 49.9 Å². The Labute approximate surface area is 154 Å². The number of hydrogen-bond acceptors (Lipinski definition) is 4. The maximum atomic E-state index is 13.2. The van der Waals surface area contributed by atoms with E-state index < -0.39 is 16.1 Å². The van der Waals surface area contributed by atoms with Crippen molar-refractivity contribution in [1.29, 1.82) is 0 Å². The predicted octanol–water partition coefficient (Wildman–Crippen LogP) is 0.421. The molecule has 26 heavy (non-hydrogen) atoms. The summed E-state index contributed by atoms with van der Waals surface area (Å²) in [5, 5.41) is 2.25. The molecule has 3 amide bonds. The van der Waals surface area contributed by atoms with Crippen molar-refractivity contribution in [3.63, 3.8) is 0 Å². The van der Waals surface area contributed by atoms with Crippen molar-refractivity contribution in [1.82, 2.24) is 14.5 Å². The zero-order chi connectivity index (χ0) is 19.6. The van der Waals surface area contributed by atoms with Crippen molar-refractivity contribution in [2.45, 2.75) is 32.6 Å². The monoisotopic (exact) mass is 382 g/mol. The van der Waals surface area contributed by atoms with Gasteiger partial charge >= 0.3 is 6.03 Å². The molecule has 1 aromatic rings. The molecule has 0 bridgehead atoms. The van der Waals surface area contributed by atoms with Crippen molar-refractivity contribution in [2.24, 2.45) is 5.73 Å². The van der Waals surface area contributed by atoms with E-state index in [4.69, 9.17) is 5.73 Å². The van der Waals surface area contributed by atoms with Gasteiger partial charge in [0, 0.05) is 26.2 Å². The number of carbonyl (C=O) groups is 2. The normalized spacial score (nSPS) is 15.8. The van der Waals surface area contributed by atoms with Crippen LogP contribution in [0.5, 0.6) is 0 Å². The number of piperazine rings is 1. The van der Waals surface area contributed by atoms with Gasteiger partial charge in [0.05, 0.1) is 11.4 Å². The molecule has 0 radical (unpaired) electrons. The average molecular weight is 382 g/mol. The zero-order valence-electron chi connectivity index (χ0n) is 15.6. The molecule has 1 aliphatic rings. The Morgan fingerprint density at radius 1 is 1.04 bits per heavy atom. The number of amides is 3. The largest absolute Gasteiger partial charge is 0.352 e. The van der Waals surface area contributed by atoms with E-state index in [9.17, 15) is 18.0 Å². The van der Waals surface area contributed by atoms with Gasteiger partial charge in [0.15, 0.2) is 0 Å². The van der Waals surface area contributed by atoms with Gasteiger partial charge in [0.25, 0.3) is 0 Å². The summed E-state index contributed by atoms with van der Waals surface area (Å²) in [6, 6.07) is 1.23. The summed E-state index contributed by atoms with van der Waals surface area (Å²) in [6.45, 7) is 8.27. The first-order chi connectivity index (χ1) is 12.1. The number of primary amides is 1. The number of sulfonamides is 1. The second-order valence-corrected chi connectivity index (χ2v) is 8.47. The highest BCUT2D eigenvalue weighted by atomic mass is 32.2. The lowest BCUT2D eigenvalue weighted by atomic mass is 10.0. The highest BCUT2D eigenvalue weighted by Crippen LogP contribution is 2.29. The van der Waals surface area contributed by atoms with Crippen LogP contribution in [-0.4, -0.2) is 62.3 Å². The van der Waals surface area contributed by atoms with E-state index in [0.29, 0.717) is 4.90 Å².